The fourth-order valence-corrected chi connectivity index (χ4v) is 6.88. The first-order chi connectivity index (χ1) is 9.58. The van der Waals surface area contributed by atoms with Crippen LogP contribution in [0.3, 0.4) is 0 Å². The Bertz CT molecular complexity index is 414. The Hall–Kier alpha value is -0.330. The smallest absolute Gasteiger partial charge is 0.133 e. The summed E-state index contributed by atoms with van der Waals surface area (Å²) < 4.78 is 0. The number of Topliss-reactive ketones (excluding diaryl/α,β-unsaturated/α-hetero) is 1. The zero-order valence-electron chi connectivity index (χ0n) is 13.2. The Balaban J connectivity index is 1.60. The van der Waals surface area contributed by atoms with Crippen molar-refractivity contribution in [2.75, 3.05) is 0 Å². The molecule has 0 aromatic rings. The molecule has 0 N–H and O–H groups in total. The first kappa shape index (κ1) is 13.3. The first-order valence-corrected chi connectivity index (χ1v) is 9.09. The maximum absolute atomic E-state index is 11.9. The number of carbonyl (C=O) groups excluding carboxylic acids is 1. The molecule has 1 nitrogen and oxygen atoms in total. The zero-order valence-corrected chi connectivity index (χ0v) is 13.2. The quantitative estimate of drug-likeness (QED) is 0.617. The standard InChI is InChI=1S/C19H30O/c1-12-7-8-19(2)14(9-12)4-5-16-17-11-15(20)10-13(17)3-6-18(16)19/h12-14,16-18H,3-11H2,1-2H3/t12?,13?,14-,16?,17?,18?,19+/m0/s1. The van der Waals surface area contributed by atoms with E-state index in [1.54, 1.807) is 0 Å². The van der Waals surface area contributed by atoms with E-state index < -0.39 is 0 Å². The van der Waals surface area contributed by atoms with Crippen LogP contribution in [0.4, 0.5) is 0 Å². The van der Waals surface area contributed by atoms with Gasteiger partial charge in [-0.05, 0) is 79.4 Å². The molecule has 1 heteroatoms. The fourth-order valence-electron chi connectivity index (χ4n) is 6.88. The number of fused-ring (bicyclic) bond motifs is 5. The van der Waals surface area contributed by atoms with Crippen molar-refractivity contribution in [3.05, 3.63) is 0 Å². The van der Waals surface area contributed by atoms with E-state index in [4.69, 9.17) is 0 Å². The Labute approximate surface area is 123 Å². The Morgan fingerprint density at radius 3 is 2.70 bits per heavy atom. The van der Waals surface area contributed by atoms with E-state index in [0.717, 1.165) is 48.3 Å². The van der Waals surface area contributed by atoms with E-state index in [0.29, 0.717) is 11.2 Å². The lowest BCUT2D eigenvalue weighted by Gasteiger charge is -2.58. The lowest BCUT2D eigenvalue weighted by atomic mass is 9.46. The Morgan fingerprint density at radius 1 is 1.00 bits per heavy atom. The van der Waals surface area contributed by atoms with E-state index >= 15 is 0 Å². The van der Waals surface area contributed by atoms with Crippen molar-refractivity contribution in [1.29, 1.82) is 0 Å². The van der Waals surface area contributed by atoms with Gasteiger partial charge in [0.2, 0.25) is 0 Å². The summed E-state index contributed by atoms with van der Waals surface area (Å²) in [5.41, 5.74) is 0.617. The zero-order chi connectivity index (χ0) is 13.9. The molecule has 4 fully saturated rings. The van der Waals surface area contributed by atoms with Crippen LogP contribution in [0.1, 0.15) is 71.6 Å². The number of carbonyl (C=O) groups is 1. The first-order valence-electron chi connectivity index (χ1n) is 9.09. The molecule has 5 unspecified atom stereocenters. The lowest BCUT2D eigenvalue weighted by Crippen LogP contribution is -2.50. The third kappa shape index (κ3) is 1.84. The molecule has 0 aliphatic heterocycles. The number of hydrogen-bond acceptors (Lipinski definition) is 1. The number of rotatable bonds is 0. The average molecular weight is 274 g/mol. The molecule has 7 atom stereocenters. The molecule has 0 bridgehead atoms. The Morgan fingerprint density at radius 2 is 1.85 bits per heavy atom. The van der Waals surface area contributed by atoms with Crippen LogP contribution in [-0.2, 0) is 4.79 Å². The van der Waals surface area contributed by atoms with Gasteiger partial charge in [-0.3, -0.25) is 4.79 Å². The highest BCUT2D eigenvalue weighted by molar-refractivity contribution is 5.81. The molecule has 4 rings (SSSR count). The van der Waals surface area contributed by atoms with Crippen LogP contribution < -0.4 is 0 Å². The van der Waals surface area contributed by atoms with E-state index in [9.17, 15) is 4.79 Å². The molecule has 0 heterocycles. The monoisotopic (exact) mass is 274 g/mol. The predicted molar refractivity (Wildman–Crippen MR) is 81.3 cm³/mol. The van der Waals surface area contributed by atoms with Crippen molar-refractivity contribution in [1.82, 2.24) is 0 Å². The van der Waals surface area contributed by atoms with Crippen molar-refractivity contribution in [3.8, 4) is 0 Å². The van der Waals surface area contributed by atoms with Gasteiger partial charge in [0.15, 0.2) is 0 Å². The van der Waals surface area contributed by atoms with Crippen LogP contribution >= 0.6 is 0 Å². The molecule has 0 aromatic heterocycles. The number of hydrogen-bond donors (Lipinski definition) is 0. The third-order valence-corrected chi connectivity index (χ3v) is 7.96. The van der Waals surface area contributed by atoms with Gasteiger partial charge in [0.1, 0.15) is 5.78 Å². The summed E-state index contributed by atoms with van der Waals surface area (Å²) in [6.07, 6.45) is 11.9. The second kappa shape index (κ2) is 4.58. The molecular formula is C19H30O. The van der Waals surface area contributed by atoms with Crippen molar-refractivity contribution >= 4 is 5.78 Å². The highest BCUT2D eigenvalue weighted by Gasteiger charge is 2.55. The molecule has 0 radical (unpaired) electrons. The fraction of sp³-hybridized carbons (Fsp3) is 0.947. The van der Waals surface area contributed by atoms with Gasteiger partial charge in [0.25, 0.3) is 0 Å². The van der Waals surface area contributed by atoms with Crippen molar-refractivity contribution in [3.63, 3.8) is 0 Å². The van der Waals surface area contributed by atoms with Gasteiger partial charge in [0.05, 0.1) is 0 Å². The summed E-state index contributed by atoms with van der Waals surface area (Å²) in [6, 6.07) is 0. The summed E-state index contributed by atoms with van der Waals surface area (Å²) >= 11 is 0. The summed E-state index contributed by atoms with van der Waals surface area (Å²) in [6.45, 7) is 5.08. The van der Waals surface area contributed by atoms with E-state index in [2.05, 4.69) is 13.8 Å². The molecular weight excluding hydrogens is 244 g/mol. The van der Waals surface area contributed by atoms with Gasteiger partial charge >= 0.3 is 0 Å². The summed E-state index contributed by atoms with van der Waals surface area (Å²) in [4.78, 5) is 11.9. The summed E-state index contributed by atoms with van der Waals surface area (Å²) in [5.74, 6) is 5.90. The van der Waals surface area contributed by atoms with Gasteiger partial charge in [-0.25, -0.2) is 0 Å². The van der Waals surface area contributed by atoms with Crippen LogP contribution in [0.2, 0.25) is 0 Å². The molecule has 0 aromatic carbocycles. The second-order valence-electron chi connectivity index (χ2n) is 8.88. The van der Waals surface area contributed by atoms with Gasteiger partial charge in [0, 0.05) is 12.8 Å². The molecule has 112 valence electrons. The largest absolute Gasteiger partial charge is 0.300 e. The predicted octanol–water partition coefficient (Wildman–Crippen LogP) is 4.84. The van der Waals surface area contributed by atoms with Crippen LogP contribution in [0.5, 0.6) is 0 Å². The van der Waals surface area contributed by atoms with Crippen LogP contribution in [0, 0.1) is 40.9 Å². The third-order valence-electron chi connectivity index (χ3n) is 7.96. The minimum absolute atomic E-state index is 0.574. The van der Waals surface area contributed by atoms with Gasteiger partial charge in [-0.2, -0.15) is 0 Å². The summed E-state index contributed by atoms with van der Waals surface area (Å²) in [5, 5.41) is 0. The SMILES string of the molecule is CC1CC[C@@]2(C)C3CCC4CC(=O)CC4C3CC[C@H]2C1. The molecule has 0 amide bonds. The van der Waals surface area contributed by atoms with Crippen molar-refractivity contribution in [2.24, 2.45) is 40.9 Å². The van der Waals surface area contributed by atoms with Crippen LogP contribution in [0.15, 0.2) is 0 Å². The molecule has 0 spiro atoms. The van der Waals surface area contributed by atoms with E-state index in [1.165, 1.54) is 44.9 Å². The van der Waals surface area contributed by atoms with Crippen molar-refractivity contribution < 1.29 is 4.79 Å². The molecule has 0 saturated heterocycles. The van der Waals surface area contributed by atoms with Gasteiger partial charge in [-0.15, -0.1) is 0 Å². The minimum atomic E-state index is 0.574. The topological polar surface area (TPSA) is 17.1 Å². The van der Waals surface area contributed by atoms with E-state index in [-0.39, 0.29) is 0 Å². The number of ketones is 1. The highest BCUT2D eigenvalue weighted by atomic mass is 16.1. The van der Waals surface area contributed by atoms with Crippen LogP contribution in [-0.4, -0.2) is 5.78 Å². The van der Waals surface area contributed by atoms with Crippen LogP contribution in [0.25, 0.3) is 0 Å². The van der Waals surface area contributed by atoms with Gasteiger partial charge < -0.3 is 0 Å². The second-order valence-corrected chi connectivity index (χ2v) is 8.88. The average Bonchev–Trinajstić information content (AvgIpc) is 2.80. The van der Waals surface area contributed by atoms with Gasteiger partial charge in [-0.1, -0.05) is 20.3 Å². The maximum Gasteiger partial charge on any atom is 0.133 e. The van der Waals surface area contributed by atoms with Crippen molar-refractivity contribution in [2.45, 2.75) is 71.6 Å². The molecule has 20 heavy (non-hydrogen) atoms. The molecule has 4 aliphatic rings. The van der Waals surface area contributed by atoms with E-state index in [1.807, 2.05) is 0 Å². The summed E-state index contributed by atoms with van der Waals surface area (Å²) in [7, 11) is 0. The minimum Gasteiger partial charge on any atom is -0.300 e. The molecule has 4 saturated carbocycles. The maximum atomic E-state index is 11.9. The highest BCUT2D eigenvalue weighted by Crippen LogP contribution is 2.63. The molecule has 4 aliphatic carbocycles. The Kier molecular flexibility index (Phi) is 3.06. The lowest BCUT2D eigenvalue weighted by molar-refractivity contribution is -0.118. The normalized spacial score (nSPS) is 55.0.